The minimum absolute atomic E-state index is 0.191. The molecule has 1 aliphatic heterocycles. The van der Waals surface area contributed by atoms with E-state index in [1.54, 1.807) is 0 Å². The number of rotatable bonds is 3. The summed E-state index contributed by atoms with van der Waals surface area (Å²) in [4.78, 5) is 12.9. The SMILES string of the molecule is CC(=O)N1CCOc2ccc(S(=O)(=O)Nc3cc(C(F)(F)F)ccc3Cl)cc21. The third-order valence-electron chi connectivity index (χ3n) is 4.02. The molecular weight excluding hydrogens is 421 g/mol. The Balaban J connectivity index is 1.99. The van der Waals surface area contributed by atoms with Crippen LogP contribution in [0.4, 0.5) is 24.5 Å². The van der Waals surface area contributed by atoms with Crippen molar-refractivity contribution < 1.29 is 31.1 Å². The standard InChI is InChI=1S/C17H14ClF3N2O4S/c1-10(24)23-6-7-27-16-5-3-12(9-15(16)23)28(25,26)22-14-8-11(17(19,20)21)2-4-13(14)18/h2-5,8-9,22H,6-7H2,1H3. The summed E-state index contributed by atoms with van der Waals surface area (Å²) in [5.74, 6) is 0.0329. The summed E-state index contributed by atoms with van der Waals surface area (Å²) in [5, 5.41) is -0.191. The van der Waals surface area contributed by atoms with Crippen LogP contribution in [0.25, 0.3) is 0 Å². The number of hydrogen-bond donors (Lipinski definition) is 1. The number of amides is 1. The van der Waals surface area contributed by atoms with Gasteiger partial charge in [-0.3, -0.25) is 9.52 Å². The van der Waals surface area contributed by atoms with Gasteiger partial charge in [-0.15, -0.1) is 0 Å². The van der Waals surface area contributed by atoms with E-state index < -0.39 is 27.5 Å². The highest BCUT2D eigenvalue weighted by molar-refractivity contribution is 7.92. The molecule has 0 saturated heterocycles. The molecule has 0 spiro atoms. The molecule has 0 fully saturated rings. The monoisotopic (exact) mass is 434 g/mol. The first-order valence-corrected chi connectivity index (χ1v) is 9.80. The average molecular weight is 435 g/mol. The molecule has 1 aliphatic rings. The number of hydrogen-bond acceptors (Lipinski definition) is 4. The maximum Gasteiger partial charge on any atom is 0.416 e. The quantitative estimate of drug-likeness (QED) is 0.794. The van der Waals surface area contributed by atoms with E-state index in [2.05, 4.69) is 4.72 Å². The summed E-state index contributed by atoms with van der Waals surface area (Å²) in [5.41, 5.74) is -1.19. The Bertz CT molecular complexity index is 1040. The lowest BCUT2D eigenvalue weighted by Crippen LogP contribution is -2.36. The zero-order valence-electron chi connectivity index (χ0n) is 14.4. The number of carbonyl (C=O) groups excluding carboxylic acids is 1. The van der Waals surface area contributed by atoms with Crippen molar-refractivity contribution in [2.75, 3.05) is 22.8 Å². The first-order chi connectivity index (χ1) is 13.0. The Kier molecular flexibility index (Phi) is 5.20. The van der Waals surface area contributed by atoms with Gasteiger partial charge < -0.3 is 9.64 Å². The first-order valence-electron chi connectivity index (χ1n) is 7.93. The number of sulfonamides is 1. The molecule has 0 bridgehead atoms. The van der Waals surface area contributed by atoms with Gasteiger partial charge in [0.05, 0.1) is 33.4 Å². The smallest absolute Gasteiger partial charge is 0.416 e. The van der Waals surface area contributed by atoms with Crippen LogP contribution in [0.1, 0.15) is 12.5 Å². The fourth-order valence-corrected chi connectivity index (χ4v) is 3.99. The van der Waals surface area contributed by atoms with Crippen molar-refractivity contribution in [2.45, 2.75) is 18.0 Å². The third kappa shape index (κ3) is 4.02. The van der Waals surface area contributed by atoms with Gasteiger partial charge in [0, 0.05) is 6.92 Å². The average Bonchev–Trinajstić information content (AvgIpc) is 2.61. The molecule has 150 valence electrons. The van der Waals surface area contributed by atoms with Crippen molar-refractivity contribution in [3.05, 3.63) is 47.0 Å². The molecule has 0 saturated carbocycles. The van der Waals surface area contributed by atoms with Crippen molar-refractivity contribution in [1.82, 2.24) is 0 Å². The van der Waals surface area contributed by atoms with Gasteiger partial charge in [0.25, 0.3) is 10.0 Å². The summed E-state index contributed by atoms with van der Waals surface area (Å²) in [6, 6.07) is 6.16. The Morgan fingerprint density at radius 2 is 1.93 bits per heavy atom. The Labute approximate surface area is 163 Å². The van der Waals surface area contributed by atoms with Crippen molar-refractivity contribution in [3.63, 3.8) is 0 Å². The highest BCUT2D eigenvalue weighted by Gasteiger charge is 2.32. The number of halogens is 4. The minimum Gasteiger partial charge on any atom is -0.490 e. The molecule has 11 heteroatoms. The molecule has 28 heavy (non-hydrogen) atoms. The van der Waals surface area contributed by atoms with Gasteiger partial charge in [0.1, 0.15) is 12.4 Å². The second kappa shape index (κ2) is 7.17. The number of benzene rings is 2. The first kappa shape index (κ1) is 20.3. The number of anilines is 2. The predicted molar refractivity (Wildman–Crippen MR) is 97.2 cm³/mol. The van der Waals surface area contributed by atoms with E-state index in [1.165, 1.54) is 30.0 Å². The summed E-state index contributed by atoms with van der Waals surface area (Å²) < 4.78 is 71.5. The molecule has 3 rings (SSSR count). The van der Waals surface area contributed by atoms with E-state index in [0.717, 1.165) is 12.1 Å². The topological polar surface area (TPSA) is 75.7 Å². The lowest BCUT2D eigenvalue weighted by atomic mass is 10.2. The fraction of sp³-hybridized carbons (Fsp3) is 0.235. The molecule has 1 heterocycles. The van der Waals surface area contributed by atoms with Gasteiger partial charge in [0.15, 0.2) is 0 Å². The normalized spacial score (nSPS) is 14.2. The van der Waals surface area contributed by atoms with Crippen LogP contribution in [-0.2, 0) is 21.0 Å². The van der Waals surface area contributed by atoms with Crippen LogP contribution in [0.5, 0.6) is 5.75 Å². The summed E-state index contributed by atoms with van der Waals surface area (Å²) in [6.07, 6.45) is -4.66. The minimum atomic E-state index is -4.66. The number of nitrogens with zero attached hydrogens (tertiary/aromatic N) is 1. The van der Waals surface area contributed by atoms with Crippen LogP contribution in [-0.4, -0.2) is 27.5 Å². The third-order valence-corrected chi connectivity index (χ3v) is 5.71. The molecule has 0 atom stereocenters. The van der Waals surface area contributed by atoms with Gasteiger partial charge in [-0.2, -0.15) is 13.2 Å². The maximum atomic E-state index is 12.9. The second-order valence-electron chi connectivity index (χ2n) is 5.95. The molecule has 2 aromatic rings. The van der Waals surface area contributed by atoms with Gasteiger partial charge in [-0.1, -0.05) is 11.6 Å². The van der Waals surface area contributed by atoms with E-state index in [9.17, 15) is 26.4 Å². The van der Waals surface area contributed by atoms with E-state index in [4.69, 9.17) is 16.3 Å². The predicted octanol–water partition coefficient (Wildman–Crippen LogP) is 3.90. The van der Waals surface area contributed by atoms with Crippen LogP contribution >= 0.6 is 11.6 Å². The summed E-state index contributed by atoms with van der Waals surface area (Å²) >= 11 is 5.85. The lowest BCUT2D eigenvalue weighted by molar-refractivity contribution is -0.137. The second-order valence-corrected chi connectivity index (χ2v) is 8.04. The van der Waals surface area contributed by atoms with Gasteiger partial charge in [-0.05, 0) is 36.4 Å². The van der Waals surface area contributed by atoms with Crippen LogP contribution < -0.4 is 14.4 Å². The molecule has 1 amide bonds. The Hall–Kier alpha value is -2.46. The fourth-order valence-electron chi connectivity index (χ4n) is 2.68. The van der Waals surface area contributed by atoms with Gasteiger partial charge in [0.2, 0.25) is 5.91 Å². The number of nitrogens with one attached hydrogen (secondary N) is 1. The van der Waals surface area contributed by atoms with E-state index in [-0.39, 0.29) is 34.7 Å². The molecule has 0 aliphatic carbocycles. The number of fused-ring (bicyclic) bond motifs is 1. The molecule has 2 aromatic carbocycles. The van der Waals surface area contributed by atoms with Crippen molar-refractivity contribution in [3.8, 4) is 5.75 Å². The van der Waals surface area contributed by atoms with E-state index >= 15 is 0 Å². The largest absolute Gasteiger partial charge is 0.490 e. The van der Waals surface area contributed by atoms with Crippen molar-refractivity contribution in [1.29, 1.82) is 0 Å². The molecular formula is C17H14ClF3N2O4S. The molecule has 0 aromatic heterocycles. The number of alkyl halides is 3. The zero-order valence-corrected chi connectivity index (χ0v) is 16.0. The van der Waals surface area contributed by atoms with Crippen LogP contribution in [0.15, 0.2) is 41.3 Å². The van der Waals surface area contributed by atoms with E-state index in [0.29, 0.717) is 11.8 Å². The Morgan fingerprint density at radius 1 is 1.21 bits per heavy atom. The van der Waals surface area contributed by atoms with Gasteiger partial charge in [-0.25, -0.2) is 8.42 Å². The lowest BCUT2D eigenvalue weighted by Gasteiger charge is -2.29. The molecule has 0 unspecified atom stereocenters. The van der Waals surface area contributed by atoms with Crippen LogP contribution in [0, 0.1) is 0 Å². The maximum absolute atomic E-state index is 12.9. The highest BCUT2D eigenvalue weighted by Crippen LogP contribution is 2.36. The molecule has 0 radical (unpaired) electrons. The molecule has 1 N–H and O–H groups in total. The summed E-state index contributed by atoms with van der Waals surface area (Å²) in [7, 11) is -4.28. The summed E-state index contributed by atoms with van der Waals surface area (Å²) in [6.45, 7) is 1.84. The van der Waals surface area contributed by atoms with Crippen LogP contribution in [0.2, 0.25) is 5.02 Å². The zero-order chi connectivity index (χ0) is 20.7. The number of carbonyl (C=O) groups is 1. The number of ether oxygens (including phenoxy) is 1. The van der Waals surface area contributed by atoms with E-state index in [1.807, 2.05) is 0 Å². The Morgan fingerprint density at radius 3 is 2.57 bits per heavy atom. The van der Waals surface area contributed by atoms with Crippen molar-refractivity contribution in [2.24, 2.45) is 0 Å². The van der Waals surface area contributed by atoms with Gasteiger partial charge >= 0.3 is 6.18 Å². The molecule has 6 nitrogen and oxygen atoms in total. The van der Waals surface area contributed by atoms with Crippen LogP contribution in [0.3, 0.4) is 0 Å². The highest BCUT2D eigenvalue weighted by atomic mass is 35.5. The van der Waals surface area contributed by atoms with Crippen molar-refractivity contribution >= 4 is 38.9 Å².